The van der Waals surface area contributed by atoms with Crippen molar-refractivity contribution < 1.29 is 8.42 Å². The Labute approximate surface area is 126 Å². The Balaban J connectivity index is 2.27. The maximum Gasteiger partial charge on any atom is 0.261 e. The van der Waals surface area contributed by atoms with Crippen LogP contribution in [0.2, 0.25) is 0 Å². The average molecular weight is 304 g/mol. The van der Waals surface area contributed by atoms with Gasteiger partial charge in [-0.1, -0.05) is 12.1 Å². The standard InChI is InChI=1S/C16H20N2O2S/c1-4-17-14-7-9-15(10-8-14)21(19,20)18-16-11-12(2)5-6-13(16)3/h5-11,17-18H,4H2,1-3H3. The molecule has 2 N–H and O–H groups in total. The van der Waals surface area contributed by atoms with Crippen molar-refractivity contribution in [3.63, 3.8) is 0 Å². The molecule has 0 heterocycles. The Morgan fingerprint density at radius 1 is 1.00 bits per heavy atom. The summed E-state index contributed by atoms with van der Waals surface area (Å²) < 4.78 is 27.5. The Morgan fingerprint density at radius 3 is 2.29 bits per heavy atom. The van der Waals surface area contributed by atoms with E-state index in [1.807, 2.05) is 39.0 Å². The normalized spacial score (nSPS) is 11.2. The van der Waals surface area contributed by atoms with Crippen LogP contribution in [0.5, 0.6) is 0 Å². The second kappa shape index (κ2) is 6.18. The fourth-order valence-electron chi connectivity index (χ4n) is 2.01. The molecule has 0 radical (unpaired) electrons. The largest absolute Gasteiger partial charge is 0.385 e. The van der Waals surface area contributed by atoms with Gasteiger partial charge >= 0.3 is 0 Å². The van der Waals surface area contributed by atoms with Gasteiger partial charge in [-0.15, -0.1) is 0 Å². The zero-order valence-corrected chi connectivity index (χ0v) is 13.3. The number of hydrogen-bond donors (Lipinski definition) is 2. The van der Waals surface area contributed by atoms with Crippen LogP contribution >= 0.6 is 0 Å². The second-order valence-electron chi connectivity index (χ2n) is 4.98. The molecular weight excluding hydrogens is 284 g/mol. The molecule has 0 saturated heterocycles. The Bertz CT molecular complexity index is 722. The van der Waals surface area contributed by atoms with Gasteiger partial charge in [0.2, 0.25) is 0 Å². The van der Waals surface area contributed by atoms with Crippen molar-refractivity contribution in [2.75, 3.05) is 16.6 Å². The monoisotopic (exact) mass is 304 g/mol. The number of hydrogen-bond acceptors (Lipinski definition) is 3. The first-order valence-corrected chi connectivity index (χ1v) is 8.34. The number of anilines is 2. The molecule has 0 amide bonds. The smallest absolute Gasteiger partial charge is 0.261 e. The molecule has 0 atom stereocenters. The van der Waals surface area contributed by atoms with E-state index in [1.165, 1.54) is 0 Å². The summed E-state index contributed by atoms with van der Waals surface area (Å²) in [5, 5.41) is 3.14. The highest BCUT2D eigenvalue weighted by molar-refractivity contribution is 7.92. The van der Waals surface area contributed by atoms with Crippen molar-refractivity contribution >= 4 is 21.4 Å². The van der Waals surface area contributed by atoms with Crippen molar-refractivity contribution in [1.82, 2.24) is 0 Å². The van der Waals surface area contributed by atoms with Crippen molar-refractivity contribution in [1.29, 1.82) is 0 Å². The first-order valence-electron chi connectivity index (χ1n) is 6.86. The van der Waals surface area contributed by atoms with Crippen LogP contribution in [0, 0.1) is 13.8 Å². The summed E-state index contributed by atoms with van der Waals surface area (Å²) in [6.45, 7) is 6.60. The van der Waals surface area contributed by atoms with E-state index < -0.39 is 10.0 Å². The van der Waals surface area contributed by atoms with E-state index in [-0.39, 0.29) is 4.90 Å². The van der Waals surface area contributed by atoms with Gasteiger partial charge in [-0.2, -0.15) is 0 Å². The van der Waals surface area contributed by atoms with Crippen molar-refractivity contribution in [3.8, 4) is 0 Å². The first-order chi connectivity index (χ1) is 9.92. The molecule has 0 aliphatic rings. The molecule has 0 aliphatic heterocycles. The highest BCUT2D eigenvalue weighted by Gasteiger charge is 2.15. The molecule has 0 unspecified atom stereocenters. The van der Waals surface area contributed by atoms with Gasteiger partial charge in [-0.05, 0) is 62.2 Å². The van der Waals surface area contributed by atoms with Crippen LogP contribution in [-0.2, 0) is 10.0 Å². The van der Waals surface area contributed by atoms with E-state index >= 15 is 0 Å². The van der Waals surface area contributed by atoms with E-state index in [1.54, 1.807) is 24.3 Å². The molecule has 0 bridgehead atoms. The minimum atomic E-state index is -3.56. The lowest BCUT2D eigenvalue weighted by Crippen LogP contribution is -2.14. The molecule has 0 aliphatic carbocycles. The average Bonchev–Trinajstić information content (AvgIpc) is 2.44. The maximum absolute atomic E-state index is 12.4. The van der Waals surface area contributed by atoms with Crippen molar-refractivity contribution in [2.45, 2.75) is 25.7 Å². The molecule has 0 spiro atoms. The third-order valence-corrected chi connectivity index (χ3v) is 4.56. The first kappa shape index (κ1) is 15.4. The summed E-state index contributed by atoms with van der Waals surface area (Å²) >= 11 is 0. The molecule has 112 valence electrons. The van der Waals surface area contributed by atoms with Crippen LogP contribution in [0.1, 0.15) is 18.1 Å². The van der Waals surface area contributed by atoms with E-state index in [9.17, 15) is 8.42 Å². The van der Waals surface area contributed by atoms with Crippen LogP contribution in [0.15, 0.2) is 47.4 Å². The lowest BCUT2D eigenvalue weighted by Gasteiger charge is -2.12. The zero-order valence-electron chi connectivity index (χ0n) is 12.5. The summed E-state index contributed by atoms with van der Waals surface area (Å²) in [6, 6.07) is 12.4. The third kappa shape index (κ3) is 3.76. The quantitative estimate of drug-likeness (QED) is 0.888. The van der Waals surface area contributed by atoms with Gasteiger partial charge < -0.3 is 5.32 Å². The Morgan fingerprint density at radius 2 is 1.67 bits per heavy atom. The molecular formula is C16H20N2O2S. The molecule has 21 heavy (non-hydrogen) atoms. The maximum atomic E-state index is 12.4. The summed E-state index contributed by atoms with van der Waals surface area (Å²) in [6.07, 6.45) is 0. The van der Waals surface area contributed by atoms with Crippen LogP contribution in [0.4, 0.5) is 11.4 Å². The molecule has 4 nitrogen and oxygen atoms in total. The van der Waals surface area contributed by atoms with Crippen LogP contribution < -0.4 is 10.0 Å². The van der Waals surface area contributed by atoms with Gasteiger partial charge in [0.1, 0.15) is 0 Å². The predicted molar refractivity (Wildman–Crippen MR) is 87.3 cm³/mol. The number of benzene rings is 2. The van der Waals surface area contributed by atoms with Gasteiger partial charge in [0, 0.05) is 12.2 Å². The Kier molecular flexibility index (Phi) is 4.53. The summed E-state index contributed by atoms with van der Waals surface area (Å²) in [4.78, 5) is 0.255. The highest BCUT2D eigenvalue weighted by atomic mass is 32.2. The summed E-state index contributed by atoms with van der Waals surface area (Å²) in [5.41, 5.74) is 3.43. The molecule has 2 rings (SSSR count). The molecule has 5 heteroatoms. The fourth-order valence-corrected chi connectivity index (χ4v) is 3.13. The van der Waals surface area contributed by atoms with Gasteiger partial charge in [0.05, 0.1) is 10.6 Å². The fraction of sp³-hybridized carbons (Fsp3) is 0.250. The van der Waals surface area contributed by atoms with Crippen molar-refractivity contribution in [2.24, 2.45) is 0 Å². The van der Waals surface area contributed by atoms with E-state index in [0.29, 0.717) is 5.69 Å². The van der Waals surface area contributed by atoms with E-state index in [4.69, 9.17) is 0 Å². The van der Waals surface area contributed by atoms with Gasteiger partial charge in [-0.3, -0.25) is 4.72 Å². The molecule has 0 saturated carbocycles. The topological polar surface area (TPSA) is 58.2 Å². The highest BCUT2D eigenvalue weighted by Crippen LogP contribution is 2.21. The van der Waals surface area contributed by atoms with Crippen molar-refractivity contribution in [3.05, 3.63) is 53.6 Å². The third-order valence-electron chi connectivity index (χ3n) is 3.18. The minimum Gasteiger partial charge on any atom is -0.385 e. The second-order valence-corrected chi connectivity index (χ2v) is 6.66. The molecule has 0 aromatic heterocycles. The summed E-state index contributed by atoms with van der Waals surface area (Å²) in [5.74, 6) is 0. The zero-order chi connectivity index (χ0) is 15.5. The predicted octanol–water partition coefficient (Wildman–Crippen LogP) is 3.54. The number of rotatable bonds is 5. The van der Waals surface area contributed by atoms with Gasteiger partial charge in [0.15, 0.2) is 0 Å². The van der Waals surface area contributed by atoms with Gasteiger partial charge in [-0.25, -0.2) is 8.42 Å². The van der Waals surface area contributed by atoms with Crippen LogP contribution in [0.3, 0.4) is 0 Å². The number of sulfonamides is 1. The van der Waals surface area contributed by atoms with E-state index in [2.05, 4.69) is 10.0 Å². The molecule has 2 aromatic rings. The lowest BCUT2D eigenvalue weighted by molar-refractivity contribution is 0.601. The molecule has 2 aromatic carbocycles. The Hall–Kier alpha value is -2.01. The minimum absolute atomic E-state index is 0.255. The van der Waals surface area contributed by atoms with Crippen LogP contribution in [0.25, 0.3) is 0 Å². The number of aryl methyl sites for hydroxylation is 2. The van der Waals surface area contributed by atoms with Gasteiger partial charge in [0.25, 0.3) is 10.0 Å². The summed E-state index contributed by atoms with van der Waals surface area (Å²) in [7, 11) is -3.56. The lowest BCUT2D eigenvalue weighted by atomic mass is 10.1. The SMILES string of the molecule is CCNc1ccc(S(=O)(=O)Nc2cc(C)ccc2C)cc1. The molecule has 0 fully saturated rings. The van der Waals surface area contributed by atoms with Crippen LogP contribution in [-0.4, -0.2) is 15.0 Å². The van der Waals surface area contributed by atoms with E-state index in [0.717, 1.165) is 23.4 Å². The number of nitrogens with one attached hydrogen (secondary N) is 2.